The van der Waals surface area contributed by atoms with Crippen LogP contribution in [0.4, 0.5) is 0 Å². The molecule has 0 aromatic carbocycles. The van der Waals surface area contributed by atoms with Crippen molar-refractivity contribution in [2.45, 2.75) is 50.0 Å². The standard InChI is InChI=1S/C24H43N5O13/c30-15-17-24(40)16(31)11-23(41-17)42-25-18-12-28(14-22(38)39)8-6-26(3-1-19(32)33)5-7-27(13-21(36)37)9-10-29(18)4-2-20(34)35/h16-18,23-25,30-31,40H,1-15H2,(H,32,33)(H,34,35)(H,36,37)(H,38,39)/t16-,17-,18?,23?,24+/m1/s1. The molecule has 0 bridgehead atoms. The van der Waals surface area contributed by atoms with Gasteiger partial charge in [-0.05, 0) is 0 Å². The maximum atomic E-state index is 11.7. The highest BCUT2D eigenvalue weighted by atomic mass is 16.8. The summed E-state index contributed by atoms with van der Waals surface area (Å²) in [5, 5.41) is 67.1. The lowest BCUT2D eigenvalue weighted by molar-refractivity contribution is -0.282. The highest BCUT2D eigenvalue weighted by Gasteiger charge is 2.38. The SMILES string of the molecule is O=C(O)CCN1CCN(CC(=O)O)CCN(CCC(=O)O)C(NOC2C[C@@H](O)[C@H](O)[C@@H](CO)O2)CN(CC(=O)O)CC1. The number of aliphatic carboxylic acids is 4. The molecule has 2 unspecified atom stereocenters. The number of carboxylic acid groups (broad SMARTS) is 4. The fourth-order valence-corrected chi connectivity index (χ4v) is 4.74. The number of hydrogen-bond acceptors (Lipinski definition) is 14. The Balaban J connectivity index is 2.32. The second-order valence-corrected chi connectivity index (χ2v) is 10.3. The largest absolute Gasteiger partial charge is 0.481 e. The number of aliphatic hydroxyl groups is 3. The summed E-state index contributed by atoms with van der Waals surface area (Å²) in [6.07, 6.45) is -6.27. The molecular weight excluding hydrogens is 566 g/mol. The van der Waals surface area contributed by atoms with Crippen LogP contribution in [0.1, 0.15) is 19.3 Å². The number of nitrogens with one attached hydrogen (secondary N) is 1. The third kappa shape index (κ3) is 13.2. The summed E-state index contributed by atoms with van der Waals surface area (Å²) in [5.74, 6) is -4.29. The number of carboxylic acids is 4. The van der Waals surface area contributed by atoms with Gasteiger partial charge in [-0.3, -0.25) is 38.7 Å². The van der Waals surface area contributed by atoms with Gasteiger partial charge in [-0.15, -0.1) is 0 Å². The Morgan fingerprint density at radius 3 is 1.90 bits per heavy atom. The molecule has 0 aliphatic carbocycles. The number of aliphatic hydroxyl groups excluding tert-OH is 3. The van der Waals surface area contributed by atoms with Crippen LogP contribution in [0.5, 0.6) is 0 Å². The Kier molecular flexibility index (Phi) is 15.5. The van der Waals surface area contributed by atoms with Crippen LogP contribution in [0, 0.1) is 0 Å². The fraction of sp³-hybridized carbons (Fsp3) is 0.833. The van der Waals surface area contributed by atoms with E-state index in [0.29, 0.717) is 6.54 Å². The summed E-state index contributed by atoms with van der Waals surface area (Å²) < 4.78 is 5.50. The molecule has 18 nitrogen and oxygen atoms in total. The van der Waals surface area contributed by atoms with Crippen LogP contribution in [-0.4, -0.2) is 189 Å². The van der Waals surface area contributed by atoms with Gasteiger partial charge in [0.15, 0.2) is 6.29 Å². The molecule has 0 aromatic rings. The van der Waals surface area contributed by atoms with Gasteiger partial charge in [0.05, 0.1) is 44.8 Å². The molecule has 2 heterocycles. The van der Waals surface area contributed by atoms with Crippen molar-refractivity contribution in [3.8, 4) is 0 Å². The van der Waals surface area contributed by atoms with Gasteiger partial charge in [0.1, 0.15) is 12.2 Å². The van der Waals surface area contributed by atoms with Crippen molar-refractivity contribution in [3.63, 3.8) is 0 Å². The molecule has 8 N–H and O–H groups in total. The molecule has 2 rings (SSSR count). The van der Waals surface area contributed by atoms with Crippen molar-refractivity contribution in [2.75, 3.05) is 78.6 Å². The molecule has 2 fully saturated rings. The quantitative estimate of drug-likeness (QED) is 0.0873. The van der Waals surface area contributed by atoms with E-state index in [1.54, 1.807) is 14.7 Å². The molecule has 2 aliphatic rings. The number of hydrogen-bond donors (Lipinski definition) is 8. The third-order valence-corrected chi connectivity index (χ3v) is 7.06. The zero-order valence-corrected chi connectivity index (χ0v) is 23.4. The first-order valence-corrected chi connectivity index (χ1v) is 13.7. The summed E-state index contributed by atoms with van der Waals surface area (Å²) in [5.41, 5.74) is 2.78. The molecule has 5 atom stereocenters. The molecule has 0 spiro atoms. The van der Waals surface area contributed by atoms with Crippen molar-refractivity contribution in [1.29, 1.82) is 0 Å². The summed E-state index contributed by atoms with van der Waals surface area (Å²) >= 11 is 0. The van der Waals surface area contributed by atoms with Crippen molar-refractivity contribution >= 4 is 23.9 Å². The number of hydroxylamine groups is 1. The second-order valence-electron chi connectivity index (χ2n) is 10.3. The van der Waals surface area contributed by atoms with Crippen molar-refractivity contribution < 1.29 is 64.5 Å². The van der Waals surface area contributed by atoms with E-state index in [1.165, 1.54) is 0 Å². The first-order chi connectivity index (χ1) is 19.9. The number of carbonyl (C=O) groups is 4. The molecule has 0 amide bonds. The molecular formula is C24H43N5O13. The Hall–Kier alpha value is -2.52. The highest BCUT2D eigenvalue weighted by Crippen LogP contribution is 2.21. The van der Waals surface area contributed by atoms with Crippen LogP contribution >= 0.6 is 0 Å². The average molecular weight is 610 g/mol. The number of ether oxygens (including phenoxy) is 1. The van der Waals surface area contributed by atoms with E-state index < -0.39 is 61.3 Å². The van der Waals surface area contributed by atoms with E-state index >= 15 is 0 Å². The van der Waals surface area contributed by atoms with E-state index in [2.05, 4.69) is 5.48 Å². The summed E-state index contributed by atoms with van der Waals surface area (Å²) in [4.78, 5) is 58.2. The van der Waals surface area contributed by atoms with Gasteiger partial charge in [0, 0.05) is 65.3 Å². The Morgan fingerprint density at radius 2 is 1.31 bits per heavy atom. The van der Waals surface area contributed by atoms with Crippen LogP contribution in [0.2, 0.25) is 0 Å². The van der Waals surface area contributed by atoms with Crippen molar-refractivity contribution in [3.05, 3.63) is 0 Å². The molecule has 2 aliphatic heterocycles. The van der Waals surface area contributed by atoms with Crippen LogP contribution < -0.4 is 5.48 Å². The van der Waals surface area contributed by atoms with E-state index in [1.807, 2.05) is 4.90 Å². The molecule has 2 saturated heterocycles. The topological polar surface area (TPSA) is 253 Å². The molecule has 18 heteroatoms. The third-order valence-electron chi connectivity index (χ3n) is 7.06. The average Bonchev–Trinajstić information content (AvgIpc) is 2.90. The fourth-order valence-electron chi connectivity index (χ4n) is 4.74. The van der Waals surface area contributed by atoms with E-state index in [4.69, 9.17) is 14.7 Å². The minimum atomic E-state index is -1.33. The van der Waals surface area contributed by atoms with Gasteiger partial charge in [-0.25, -0.2) is 0 Å². The van der Waals surface area contributed by atoms with Crippen LogP contribution in [0.15, 0.2) is 0 Å². The number of rotatable bonds is 14. The lowest BCUT2D eigenvalue weighted by Crippen LogP contribution is -2.58. The zero-order chi connectivity index (χ0) is 31.2. The minimum absolute atomic E-state index is 0.00104. The Labute approximate surface area is 242 Å². The van der Waals surface area contributed by atoms with Gasteiger partial charge in [-0.1, -0.05) is 0 Å². The molecule has 242 valence electrons. The molecule has 0 saturated carbocycles. The maximum Gasteiger partial charge on any atom is 0.317 e. The van der Waals surface area contributed by atoms with Gasteiger partial charge < -0.3 is 45.4 Å². The van der Waals surface area contributed by atoms with E-state index in [0.717, 1.165) is 0 Å². The molecule has 0 aromatic heterocycles. The first kappa shape index (κ1) is 35.7. The van der Waals surface area contributed by atoms with E-state index in [9.17, 15) is 49.8 Å². The lowest BCUT2D eigenvalue weighted by atomic mass is 10.0. The maximum absolute atomic E-state index is 11.7. The van der Waals surface area contributed by atoms with Crippen LogP contribution in [0.25, 0.3) is 0 Å². The highest BCUT2D eigenvalue weighted by molar-refractivity contribution is 5.69. The van der Waals surface area contributed by atoms with Crippen molar-refractivity contribution in [2.24, 2.45) is 0 Å². The Bertz CT molecular complexity index is 884. The normalized spacial score (nSPS) is 28.0. The second kappa shape index (κ2) is 18.2. The van der Waals surface area contributed by atoms with Crippen LogP contribution in [-0.2, 0) is 28.8 Å². The van der Waals surface area contributed by atoms with Gasteiger partial charge in [0.2, 0.25) is 0 Å². The van der Waals surface area contributed by atoms with Gasteiger partial charge >= 0.3 is 23.9 Å². The minimum Gasteiger partial charge on any atom is -0.481 e. The zero-order valence-electron chi connectivity index (χ0n) is 23.4. The number of nitrogens with zero attached hydrogens (tertiary/aromatic N) is 4. The molecule has 0 radical (unpaired) electrons. The smallest absolute Gasteiger partial charge is 0.317 e. The van der Waals surface area contributed by atoms with Gasteiger partial charge in [-0.2, -0.15) is 5.48 Å². The first-order valence-electron chi connectivity index (χ1n) is 13.7. The van der Waals surface area contributed by atoms with E-state index in [-0.39, 0.29) is 84.7 Å². The van der Waals surface area contributed by atoms with Crippen LogP contribution in [0.3, 0.4) is 0 Å². The predicted molar refractivity (Wildman–Crippen MR) is 141 cm³/mol. The van der Waals surface area contributed by atoms with Crippen molar-refractivity contribution in [1.82, 2.24) is 25.1 Å². The predicted octanol–water partition coefficient (Wildman–Crippen LogP) is -4.00. The summed E-state index contributed by atoms with van der Waals surface area (Å²) in [6.45, 7) is 0.294. The summed E-state index contributed by atoms with van der Waals surface area (Å²) in [6, 6.07) is 0. The summed E-state index contributed by atoms with van der Waals surface area (Å²) in [7, 11) is 0. The Morgan fingerprint density at radius 1 is 0.762 bits per heavy atom. The lowest BCUT2D eigenvalue weighted by Gasteiger charge is -2.40. The van der Waals surface area contributed by atoms with Gasteiger partial charge in [0.25, 0.3) is 0 Å². The molecule has 42 heavy (non-hydrogen) atoms. The monoisotopic (exact) mass is 609 g/mol.